The van der Waals surface area contributed by atoms with E-state index in [0.717, 1.165) is 11.3 Å². The molecule has 1 aromatic rings. The molecule has 0 radical (unpaired) electrons. The molecular weight excluding hydrogens is 348 g/mol. The summed E-state index contributed by atoms with van der Waals surface area (Å²) >= 11 is 0. The second-order valence-corrected chi connectivity index (χ2v) is 7.82. The van der Waals surface area contributed by atoms with E-state index in [1.165, 1.54) is 14.2 Å². The number of carbonyl (C=O) groups is 3. The van der Waals surface area contributed by atoms with E-state index in [0.29, 0.717) is 19.4 Å². The minimum atomic E-state index is -1.39. The van der Waals surface area contributed by atoms with Crippen molar-refractivity contribution in [1.29, 1.82) is 0 Å². The number of amides is 1. The normalized spacial score (nSPS) is 34.0. The molecule has 1 aliphatic carbocycles. The number of likely N-dealkylation sites (N-methyl/N-ethyl adjacent to an activating group) is 1. The summed E-state index contributed by atoms with van der Waals surface area (Å²) in [7, 11) is 4.61. The van der Waals surface area contributed by atoms with Gasteiger partial charge in [-0.1, -0.05) is 18.2 Å². The molecule has 4 atom stereocenters. The van der Waals surface area contributed by atoms with E-state index in [1.807, 2.05) is 31.3 Å². The van der Waals surface area contributed by atoms with E-state index in [4.69, 9.17) is 9.47 Å². The zero-order chi connectivity index (χ0) is 19.4. The van der Waals surface area contributed by atoms with Gasteiger partial charge < -0.3 is 19.7 Å². The van der Waals surface area contributed by atoms with Gasteiger partial charge in [-0.2, -0.15) is 0 Å². The van der Waals surface area contributed by atoms with Crippen LogP contribution in [0.15, 0.2) is 24.3 Å². The van der Waals surface area contributed by atoms with Crippen molar-refractivity contribution >= 4 is 23.5 Å². The highest BCUT2D eigenvalue weighted by Crippen LogP contribution is 2.61. The van der Waals surface area contributed by atoms with Gasteiger partial charge in [0.05, 0.1) is 26.2 Å². The Labute approximate surface area is 158 Å². The summed E-state index contributed by atoms with van der Waals surface area (Å²) < 4.78 is 10.1. The van der Waals surface area contributed by atoms with Crippen LogP contribution in [0.25, 0.3) is 0 Å². The van der Waals surface area contributed by atoms with Gasteiger partial charge in [0.25, 0.3) is 0 Å². The van der Waals surface area contributed by atoms with Crippen LogP contribution in [0.4, 0.5) is 5.69 Å². The Hall–Kier alpha value is -2.57. The number of para-hydroxylation sites is 1. The molecule has 0 aromatic heterocycles. The van der Waals surface area contributed by atoms with Crippen molar-refractivity contribution < 1.29 is 23.9 Å². The molecular formula is C20H24N2O5. The monoisotopic (exact) mass is 372 g/mol. The van der Waals surface area contributed by atoms with E-state index >= 15 is 0 Å². The molecule has 1 unspecified atom stereocenters. The zero-order valence-electron chi connectivity index (χ0n) is 15.8. The second-order valence-electron chi connectivity index (χ2n) is 7.82. The third-order valence-corrected chi connectivity index (χ3v) is 6.74. The molecule has 2 bridgehead atoms. The van der Waals surface area contributed by atoms with Gasteiger partial charge in [0.1, 0.15) is 5.41 Å². The lowest BCUT2D eigenvalue weighted by atomic mass is 9.54. The third-order valence-electron chi connectivity index (χ3n) is 6.74. The maximum Gasteiger partial charge on any atom is 0.321 e. The Morgan fingerprint density at radius 3 is 2.67 bits per heavy atom. The molecule has 1 spiro atoms. The highest BCUT2D eigenvalue weighted by atomic mass is 16.5. The predicted molar refractivity (Wildman–Crippen MR) is 97.1 cm³/mol. The van der Waals surface area contributed by atoms with Gasteiger partial charge in [0.2, 0.25) is 5.91 Å². The molecule has 1 saturated heterocycles. The van der Waals surface area contributed by atoms with E-state index in [2.05, 4.69) is 10.2 Å². The second kappa shape index (κ2) is 5.97. The fraction of sp³-hybridized carbons (Fsp3) is 0.550. The molecule has 2 heterocycles. The SMILES string of the molecule is COC(=O)C1C[C@@]2(C(=O)OC)C[C@@]3(CCNC2=O)c2ccccc2N(C)[C@@H]13. The van der Waals surface area contributed by atoms with Gasteiger partial charge >= 0.3 is 11.9 Å². The van der Waals surface area contributed by atoms with Gasteiger partial charge in [-0.3, -0.25) is 14.4 Å². The highest BCUT2D eigenvalue weighted by molar-refractivity contribution is 6.04. The molecule has 1 amide bonds. The summed E-state index contributed by atoms with van der Waals surface area (Å²) in [5, 5.41) is 2.89. The quantitative estimate of drug-likeness (QED) is 0.616. The summed E-state index contributed by atoms with van der Waals surface area (Å²) in [5.74, 6) is -1.94. The average Bonchev–Trinajstić information content (AvgIpc) is 2.87. The lowest BCUT2D eigenvalue weighted by Gasteiger charge is -2.50. The number of benzene rings is 1. The fourth-order valence-electron chi connectivity index (χ4n) is 5.75. The third kappa shape index (κ3) is 2.17. The van der Waals surface area contributed by atoms with Gasteiger partial charge in [0.15, 0.2) is 0 Å². The van der Waals surface area contributed by atoms with E-state index < -0.39 is 28.7 Å². The van der Waals surface area contributed by atoms with Crippen molar-refractivity contribution in [2.75, 3.05) is 32.7 Å². The zero-order valence-corrected chi connectivity index (χ0v) is 15.8. The number of nitrogens with zero attached hydrogens (tertiary/aromatic N) is 1. The number of rotatable bonds is 2. The molecule has 144 valence electrons. The van der Waals surface area contributed by atoms with Crippen LogP contribution < -0.4 is 10.2 Å². The van der Waals surface area contributed by atoms with Crippen LogP contribution in [0.5, 0.6) is 0 Å². The molecule has 27 heavy (non-hydrogen) atoms. The Morgan fingerprint density at radius 1 is 1.22 bits per heavy atom. The Morgan fingerprint density at radius 2 is 1.96 bits per heavy atom. The number of methoxy groups -OCH3 is 2. The molecule has 4 rings (SSSR count). The number of hydrogen-bond donors (Lipinski definition) is 1. The van der Waals surface area contributed by atoms with E-state index in [1.54, 1.807) is 0 Å². The summed E-state index contributed by atoms with van der Waals surface area (Å²) in [6.45, 7) is 0.449. The summed E-state index contributed by atoms with van der Waals surface area (Å²) in [5.41, 5.74) is 0.219. The van der Waals surface area contributed by atoms with E-state index in [9.17, 15) is 14.4 Å². The minimum absolute atomic E-state index is 0.0862. The molecule has 3 aliphatic rings. The van der Waals surface area contributed by atoms with Crippen LogP contribution in [-0.4, -0.2) is 51.7 Å². The molecule has 7 heteroatoms. The fourth-order valence-corrected chi connectivity index (χ4v) is 5.75. The first-order chi connectivity index (χ1) is 12.9. The van der Waals surface area contributed by atoms with Crippen LogP contribution in [0.1, 0.15) is 24.8 Å². The summed E-state index contributed by atoms with van der Waals surface area (Å²) in [6.07, 6.45) is 1.07. The standard InChI is InChI=1S/C20H24N2O5/c1-22-14-7-5-4-6-13(14)19-8-9-21-17(24)20(11-19,18(25)27-3)10-12(15(19)22)16(23)26-2/h4-7,12,15H,8-11H2,1-3H3,(H,21,24)/t12?,15-,19-,20+/m0/s1. The number of ether oxygens (including phenoxy) is 2. The van der Waals surface area contributed by atoms with Crippen molar-refractivity contribution in [2.24, 2.45) is 11.3 Å². The number of carbonyl (C=O) groups excluding carboxylic acids is 3. The topological polar surface area (TPSA) is 84.9 Å². The predicted octanol–water partition coefficient (Wildman–Crippen LogP) is 1.01. The first-order valence-electron chi connectivity index (χ1n) is 9.18. The van der Waals surface area contributed by atoms with Gasteiger partial charge in [-0.05, 0) is 30.9 Å². The number of nitrogens with one attached hydrogen (secondary N) is 1. The van der Waals surface area contributed by atoms with Gasteiger partial charge in [-0.25, -0.2) is 0 Å². The van der Waals surface area contributed by atoms with Gasteiger partial charge in [-0.15, -0.1) is 0 Å². The molecule has 1 N–H and O–H groups in total. The smallest absolute Gasteiger partial charge is 0.321 e. The lowest BCUT2D eigenvalue weighted by molar-refractivity contribution is -0.167. The van der Waals surface area contributed by atoms with Crippen molar-refractivity contribution in [3.8, 4) is 0 Å². The Balaban J connectivity index is 1.98. The number of esters is 2. The molecule has 2 fully saturated rings. The maximum atomic E-state index is 13.0. The highest BCUT2D eigenvalue weighted by Gasteiger charge is 2.67. The lowest BCUT2D eigenvalue weighted by Crippen LogP contribution is -2.61. The van der Waals surface area contributed by atoms with Crippen LogP contribution in [-0.2, 0) is 29.3 Å². The first kappa shape index (κ1) is 17.8. The Bertz CT molecular complexity index is 824. The summed E-state index contributed by atoms with van der Waals surface area (Å²) in [6, 6.07) is 7.82. The van der Waals surface area contributed by atoms with Crippen LogP contribution in [0, 0.1) is 11.3 Å². The van der Waals surface area contributed by atoms with Crippen LogP contribution in [0.3, 0.4) is 0 Å². The summed E-state index contributed by atoms with van der Waals surface area (Å²) in [4.78, 5) is 40.7. The molecule has 1 saturated carbocycles. The minimum Gasteiger partial charge on any atom is -0.469 e. The van der Waals surface area contributed by atoms with Crippen LogP contribution in [0.2, 0.25) is 0 Å². The van der Waals surface area contributed by atoms with Gasteiger partial charge in [0, 0.05) is 24.7 Å². The number of fused-ring (bicyclic) bond motifs is 2. The Kier molecular flexibility index (Phi) is 3.94. The van der Waals surface area contributed by atoms with Crippen molar-refractivity contribution in [3.63, 3.8) is 0 Å². The van der Waals surface area contributed by atoms with Crippen LogP contribution >= 0.6 is 0 Å². The number of hydrogen-bond acceptors (Lipinski definition) is 6. The van der Waals surface area contributed by atoms with E-state index in [-0.39, 0.29) is 18.4 Å². The largest absolute Gasteiger partial charge is 0.469 e. The molecule has 1 aromatic carbocycles. The number of anilines is 1. The van der Waals surface area contributed by atoms with Crippen molar-refractivity contribution in [1.82, 2.24) is 5.32 Å². The van der Waals surface area contributed by atoms with Crippen molar-refractivity contribution in [2.45, 2.75) is 30.7 Å². The molecule has 2 aliphatic heterocycles. The maximum absolute atomic E-state index is 13.0. The average molecular weight is 372 g/mol. The molecule has 7 nitrogen and oxygen atoms in total. The first-order valence-corrected chi connectivity index (χ1v) is 9.18. The van der Waals surface area contributed by atoms with Crippen molar-refractivity contribution in [3.05, 3.63) is 29.8 Å².